The van der Waals surface area contributed by atoms with Gasteiger partial charge < -0.3 is 5.32 Å². The molecule has 92 valence electrons. The van der Waals surface area contributed by atoms with E-state index in [-0.39, 0.29) is 0 Å². The summed E-state index contributed by atoms with van der Waals surface area (Å²) in [6.45, 7) is 8.76. The molecule has 1 N–H and O–H groups in total. The first-order valence-electron chi connectivity index (χ1n) is 6.39. The Labute approximate surface area is 99.2 Å². The van der Waals surface area contributed by atoms with Crippen LogP contribution in [0.2, 0.25) is 0 Å². The quantitative estimate of drug-likeness (QED) is 0.769. The van der Waals surface area contributed by atoms with Gasteiger partial charge in [0, 0.05) is 25.4 Å². The summed E-state index contributed by atoms with van der Waals surface area (Å²) in [6, 6.07) is 0. The highest BCUT2D eigenvalue weighted by molar-refractivity contribution is 5.16. The SMILES string of the molecule is CCCC(C)CNCc1cn(C)nc1CC. The van der Waals surface area contributed by atoms with Crippen LogP contribution in [0, 0.1) is 5.92 Å². The molecule has 1 rings (SSSR count). The van der Waals surface area contributed by atoms with E-state index in [1.165, 1.54) is 24.1 Å². The van der Waals surface area contributed by atoms with Crippen molar-refractivity contribution in [1.29, 1.82) is 0 Å². The zero-order valence-electron chi connectivity index (χ0n) is 11.1. The van der Waals surface area contributed by atoms with E-state index in [4.69, 9.17) is 0 Å². The van der Waals surface area contributed by atoms with Crippen LogP contribution in [-0.4, -0.2) is 16.3 Å². The van der Waals surface area contributed by atoms with Crippen molar-refractivity contribution < 1.29 is 0 Å². The molecule has 0 amide bonds. The van der Waals surface area contributed by atoms with Gasteiger partial charge in [-0.05, 0) is 25.3 Å². The first kappa shape index (κ1) is 13.2. The summed E-state index contributed by atoms with van der Waals surface area (Å²) in [5.74, 6) is 0.770. The maximum absolute atomic E-state index is 4.44. The molecule has 0 saturated heterocycles. The molecule has 1 atom stereocenters. The summed E-state index contributed by atoms with van der Waals surface area (Å²) in [6.07, 6.45) is 5.72. The van der Waals surface area contributed by atoms with E-state index in [1.807, 2.05) is 11.7 Å². The second kappa shape index (κ2) is 6.69. The fourth-order valence-corrected chi connectivity index (χ4v) is 2.08. The Bertz CT molecular complexity index is 304. The van der Waals surface area contributed by atoms with E-state index in [2.05, 4.69) is 37.4 Å². The lowest BCUT2D eigenvalue weighted by molar-refractivity contribution is 0.475. The third-order valence-corrected chi connectivity index (χ3v) is 2.92. The normalized spacial score (nSPS) is 13.0. The molecule has 0 saturated carbocycles. The second-order valence-corrected chi connectivity index (χ2v) is 4.65. The summed E-state index contributed by atoms with van der Waals surface area (Å²) in [5, 5.41) is 7.96. The van der Waals surface area contributed by atoms with Crippen molar-refractivity contribution in [2.45, 2.75) is 46.6 Å². The van der Waals surface area contributed by atoms with Gasteiger partial charge in [-0.3, -0.25) is 4.68 Å². The summed E-state index contributed by atoms with van der Waals surface area (Å²) in [4.78, 5) is 0. The van der Waals surface area contributed by atoms with Crippen LogP contribution < -0.4 is 5.32 Å². The van der Waals surface area contributed by atoms with Crippen LogP contribution in [0.5, 0.6) is 0 Å². The third-order valence-electron chi connectivity index (χ3n) is 2.92. The Hall–Kier alpha value is -0.830. The van der Waals surface area contributed by atoms with Gasteiger partial charge in [0.1, 0.15) is 0 Å². The van der Waals surface area contributed by atoms with Gasteiger partial charge in [0.05, 0.1) is 5.69 Å². The largest absolute Gasteiger partial charge is 0.312 e. The lowest BCUT2D eigenvalue weighted by atomic mass is 10.1. The predicted octanol–water partition coefficient (Wildman–Crippen LogP) is 2.51. The Balaban J connectivity index is 2.36. The predicted molar refractivity (Wildman–Crippen MR) is 68.4 cm³/mol. The minimum Gasteiger partial charge on any atom is -0.312 e. The van der Waals surface area contributed by atoms with Crippen LogP contribution in [0.15, 0.2) is 6.20 Å². The van der Waals surface area contributed by atoms with Crippen LogP contribution in [-0.2, 0) is 20.0 Å². The minimum absolute atomic E-state index is 0.770. The minimum atomic E-state index is 0.770. The molecule has 1 heterocycles. The summed E-state index contributed by atoms with van der Waals surface area (Å²) in [5.41, 5.74) is 2.56. The number of nitrogens with one attached hydrogen (secondary N) is 1. The van der Waals surface area contributed by atoms with Crippen molar-refractivity contribution in [2.24, 2.45) is 13.0 Å². The van der Waals surface area contributed by atoms with Crippen molar-refractivity contribution in [3.05, 3.63) is 17.5 Å². The average Bonchev–Trinajstić information content (AvgIpc) is 2.59. The van der Waals surface area contributed by atoms with Crippen LogP contribution >= 0.6 is 0 Å². The molecule has 0 aliphatic carbocycles. The van der Waals surface area contributed by atoms with E-state index < -0.39 is 0 Å². The van der Waals surface area contributed by atoms with Crippen LogP contribution in [0.1, 0.15) is 44.9 Å². The fourth-order valence-electron chi connectivity index (χ4n) is 2.08. The molecule has 3 heteroatoms. The van der Waals surface area contributed by atoms with Gasteiger partial charge in [0.25, 0.3) is 0 Å². The van der Waals surface area contributed by atoms with Gasteiger partial charge in [-0.15, -0.1) is 0 Å². The van der Waals surface area contributed by atoms with Crippen molar-refractivity contribution in [3.63, 3.8) is 0 Å². The second-order valence-electron chi connectivity index (χ2n) is 4.65. The molecule has 0 aromatic carbocycles. The Morgan fingerprint density at radius 2 is 2.19 bits per heavy atom. The molecular weight excluding hydrogens is 198 g/mol. The standard InChI is InChI=1S/C13H25N3/c1-5-7-11(3)8-14-9-12-10-16(4)15-13(12)6-2/h10-11,14H,5-9H2,1-4H3. The molecule has 0 aliphatic heterocycles. The van der Waals surface area contributed by atoms with Gasteiger partial charge in [0.2, 0.25) is 0 Å². The molecule has 0 bridgehead atoms. The van der Waals surface area contributed by atoms with E-state index in [0.29, 0.717) is 0 Å². The fraction of sp³-hybridized carbons (Fsp3) is 0.769. The maximum Gasteiger partial charge on any atom is 0.0666 e. The molecular formula is C13H25N3. The van der Waals surface area contributed by atoms with E-state index in [1.54, 1.807) is 0 Å². The number of nitrogens with zero attached hydrogens (tertiary/aromatic N) is 2. The average molecular weight is 223 g/mol. The number of aromatic nitrogens is 2. The molecule has 0 spiro atoms. The van der Waals surface area contributed by atoms with Gasteiger partial charge in [-0.25, -0.2) is 0 Å². The third kappa shape index (κ3) is 3.97. The van der Waals surface area contributed by atoms with Gasteiger partial charge in [-0.1, -0.05) is 27.2 Å². The lowest BCUT2D eigenvalue weighted by Crippen LogP contribution is -2.20. The molecule has 0 fully saturated rings. The molecule has 0 radical (unpaired) electrons. The zero-order chi connectivity index (χ0) is 12.0. The van der Waals surface area contributed by atoms with Crippen LogP contribution in [0.3, 0.4) is 0 Å². The van der Waals surface area contributed by atoms with Crippen molar-refractivity contribution in [3.8, 4) is 0 Å². The first-order chi connectivity index (χ1) is 7.67. The van der Waals surface area contributed by atoms with Gasteiger partial charge >= 0.3 is 0 Å². The first-order valence-corrected chi connectivity index (χ1v) is 6.39. The highest BCUT2D eigenvalue weighted by Gasteiger charge is 2.06. The molecule has 16 heavy (non-hydrogen) atoms. The van der Waals surface area contributed by atoms with Crippen LogP contribution in [0.4, 0.5) is 0 Å². The lowest BCUT2D eigenvalue weighted by Gasteiger charge is -2.10. The molecule has 0 aliphatic rings. The summed E-state index contributed by atoms with van der Waals surface area (Å²) in [7, 11) is 1.99. The van der Waals surface area contributed by atoms with E-state index in [0.717, 1.165) is 25.4 Å². The van der Waals surface area contributed by atoms with Crippen LogP contribution in [0.25, 0.3) is 0 Å². The molecule has 1 aromatic rings. The summed E-state index contributed by atoms with van der Waals surface area (Å²) < 4.78 is 1.91. The zero-order valence-corrected chi connectivity index (χ0v) is 11.1. The van der Waals surface area contributed by atoms with Crippen molar-refractivity contribution >= 4 is 0 Å². The number of hydrogen-bond donors (Lipinski definition) is 1. The smallest absolute Gasteiger partial charge is 0.0666 e. The molecule has 3 nitrogen and oxygen atoms in total. The van der Waals surface area contributed by atoms with E-state index >= 15 is 0 Å². The Morgan fingerprint density at radius 3 is 2.81 bits per heavy atom. The number of hydrogen-bond acceptors (Lipinski definition) is 2. The highest BCUT2D eigenvalue weighted by Crippen LogP contribution is 2.08. The van der Waals surface area contributed by atoms with E-state index in [9.17, 15) is 0 Å². The number of aryl methyl sites for hydroxylation is 2. The molecule has 1 unspecified atom stereocenters. The topological polar surface area (TPSA) is 29.9 Å². The Kier molecular flexibility index (Phi) is 5.53. The van der Waals surface area contributed by atoms with Gasteiger partial charge in [-0.2, -0.15) is 5.10 Å². The summed E-state index contributed by atoms with van der Waals surface area (Å²) >= 11 is 0. The highest BCUT2D eigenvalue weighted by atomic mass is 15.3. The molecule has 1 aromatic heterocycles. The van der Waals surface area contributed by atoms with Gasteiger partial charge in [0.15, 0.2) is 0 Å². The Morgan fingerprint density at radius 1 is 1.44 bits per heavy atom. The van der Waals surface area contributed by atoms with Crippen molar-refractivity contribution in [1.82, 2.24) is 15.1 Å². The monoisotopic (exact) mass is 223 g/mol. The number of rotatable bonds is 7. The maximum atomic E-state index is 4.44. The van der Waals surface area contributed by atoms with Crippen molar-refractivity contribution in [2.75, 3.05) is 6.54 Å².